The van der Waals surface area contributed by atoms with Crippen LogP contribution in [0.4, 0.5) is 11.4 Å². The van der Waals surface area contributed by atoms with Gasteiger partial charge in [-0.05, 0) is 76.6 Å². The summed E-state index contributed by atoms with van der Waals surface area (Å²) in [5.74, 6) is -1.03. The summed E-state index contributed by atoms with van der Waals surface area (Å²) in [6.07, 6.45) is -0.0474. The van der Waals surface area contributed by atoms with Gasteiger partial charge in [-0.15, -0.1) is 0 Å². The minimum Gasteiger partial charge on any atom is -0.507 e. The lowest BCUT2D eigenvalue weighted by Gasteiger charge is -2.27. The third-order valence-electron chi connectivity index (χ3n) is 6.57. The predicted octanol–water partition coefficient (Wildman–Crippen LogP) is 6.25. The number of aliphatic hydroxyl groups excluding tert-OH is 1. The number of hydrogen-bond donors (Lipinski definition) is 1. The molecular formula is C31H34N2O4. The summed E-state index contributed by atoms with van der Waals surface area (Å²) in [7, 11) is 0. The summed E-state index contributed by atoms with van der Waals surface area (Å²) in [5.41, 5.74) is 3.92. The number of amides is 1. The number of Topliss-reactive ketones (excluding diaryl/α,β-unsaturated/α-hetero) is 1. The zero-order chi connectivity index (χ0) is 26.7. The standard InChI is InChI=1S/C31H34N2O4/c1-6-32(7-2)24-17-13-22(14-18-24)28-27(29(34)23-9-8-10-26(19-23)37-20(3)4)30(35)31(36)33(28)25-15-11-21(5)12-16-25/h8-20,28,34H,6-7H2,1-5H3/b29-27-. The number of benzene rings is 3. The quantitative estimate of drug-likeness (QED) is 0.226. The molecule has 0 bridgehead atoms. The monoisotopic (exact) mass is 498 g/mol. The van der Waals surface area contributed by atoms with Crippen molar-refractivity contribution >= 4 is 28.8 Å². The van der Waals surface area contributed by atoms with Crippen LogP contribution in [0.3, 0.4) is 0 Å². The molecule has 0 aromatic heterocycles. The van der Waals surface area contributed by atoms with Crippen molar-refractivity contribution in [3.8, 4) is 5.75 Å². The molecule has 0 radical (unpaired) electrons. The van der Waals surface area contributed by atoms with Crippen LogP contribution in [0.5, 0.6) is 5.75 Å². The molecule has 1 N–H and O–H groups in total. The molecule has 1 saturated heterocycles. The van der Waals surface area contributed by atoms with E-state index in [2.05, 4.69) is 18.7 Å². The van der Waals surface area contributed by atoms with Crippen LogP contribution in [-0.2, 0) is 9.59 Å². The number of carbonyl (C=O) groups is 2. The van der Waals surface area contributed by atoms with E-state index in [-0.39, 0.29) is 17.4 Å². The zero-order valence-electron chi connectivity index (χ0n) is 22.1. The predicted molar refractivity (Wildman–Crippen MR) is 148 cm³/mol. The molecule has 6 heteroatoms. The summed E-state index contributed by atoms with van der Waals surface area (Å²) in [4.78, 5) is 30.5. The number of hydrogen-bond acceptors (Lipinski definition) is 5. The largest absolute Gasteiger partial charge is 0.507 e. The second-order valence-electron chi connectivity index (χ2n) is 9.46. The Labute approximate surface area is 218 Å². The van der Waals surface area contributed by atoms with Crippen molar-refractivity contribution in [2.24, 2.45) is 0 Å². The van der Waals surface area contributed by atoms with Crippen LogP contribution < -0.4 is 14.5 Å². The van der Waals surface area contributed by atoms with Crippen LogP contribution in [0.25, 0.3) is 5.76 Å². The number of rotatable bonds is 8. The molecule has 1 aliphatic heterocycles. The van der Waals surface area contributed by atoms with E-state index in [0.717, 1.165) is 29.9 Å². The van der Waals surface area contributed by atoms with Crippen molar-refractivity contribution in [2.75, 3.05) is 22.9 Å². The fourth-order valence-electron chi connectivity index (χ4n) is 4.72. The number of aliphatic hydroxyl groups is 1. The molecule has 192 valence electrons. The SMILES string of the molecule is CCN(CC)c1ccc(C2/C(=C(/O)c3cccc(OC(C)C)c3)C(=O)C(=O)N2c2ccc(C)cc2)cc1. The average molecular weight is 499 g/mol. The smallest absolute Gasteiger partial charge is 0.300 e. The maximum atomic E-state index is 13.4. The second kappa shape index (κ2) is 10.9. The van der Waals surface area contributed by atoms with Crippen molar-refractivity contribution in [2.45, 2.75) is 46.8 Å². The van der Waals surface area contributed by atoms with E-state index in [4.69, 9.17) is 4.74 Å². The number of aryl methyl sites for hydroxylation is 1. The number of ketones is 1. The Balaban J connectivity index is 1.87. The first-order valence-electron chi connectivity index (χ1n) is 12.7. The molecule has 1 fully saturated rings. The van der Waals surface area contributed by atoms with Gasteiger partial charge in [-0.3, -0.25) is 14.5 Å². The van der Waals surface area contributed by atoms with Crippen molar-refractivity contribution in [1.82, 2.24) is 0 Å². The van der Waals surface area contributed by atoms with Gasteiger partial charge in [0, 0.05) is 30.0 Å². The van der Waals surface area contributed by atoms with Gasteiger partial charge in [-0.25, -0.2) is 0 Å². The molecule has 1 unspecified atom stereocenters. The molecule has 0 saturated carbocycles. The normalized spacial score (nSPS) is 16.9. The van der Waals surface area contributed by atoms with Crippen LogP contribution >= 0.6 is 0 Å². The van der Waals surface area contributed by atoms with Gasteiger partial charge in [0.25, 0.3) is 11.7 Å². The van der Waals surface area contributed by atoms with Gasteiger partial charge in [0.2, 0.25) is 0 Å². The Kier molecular flexibility index (Phi) is 7.67. The van der Waals surface area contributed by atoms with E-state index in [0.29, 0.717) is 17.0 Å². The molecule has 1 heterocycles. The number of nitrogens with zero attached hydrogens (tertiary/aromatic N) is 2. The van der Waals surface area contributed by atoms with Crippen LogP contribution in [0.15, 0.2) is 78.4 Å². The number of ether oxygens (including phenoxy) is 1. The zero-order valence-corrected chi connectivity index (χ0v) is 22.1. The van der Waals surface area contributed by atoms with Gasteiger partial charge >= 0.3 is 0 Å². The molecular weight excluding hydrogens is 464 g/mol. The van der Waals surface area contributed by atoms with Crippen LogP contribution in [-0.4, -0.2) is 36.0 Å². The molecule has 3 aromatic carbocycles. The average Bonchev–Trinajstić information content (AvgIpc) is 3.15. The van der Waals surface area contributed by atoms with Crippen LogP contribution in [0, 0.1) is 6.92 Å². The molecule has 4 rings (SSSR count). The molecule has 1 amide bonds. The maximum absolute atomic E-state index is 13.4. The Bertz CT molecular complexity index is 1310. The van der Waals surface area contributed by atoms with Gasteiger partial charge in [0.1, 0.15) is 11.5 Å². The molecule has 0 spiro atoms. The topological polar surface area (TPSA) is 70.1 Å². The lowest BCUT2D eigenvalue weighted by Crippen LogP contribution is -2.29. The highest BCUT2D eigenvalue weighted by Gasteiger charge is 2.47. The van der Waals surface area contributed by atoms with E-state index in [1.54, 1.807) is 24.3 Å². The number of carbonyl (C=O) groups excluding carboxylic acids is 2. The van der Waals surface area contributed by atoms with Crippen molar-refractivity contribution < 1.29 is 19.4 Å². The van der Waals surface area contributed by atoms with E-state index in [1.165, 1.54) is 4.90 Å². The van der Waals surface area contributed by atoms with E-state index < -0.39 is 17.7 Å². The third-order valence-corrected chi connectivity index (χ3v) is 6.57. The van der Waals surface area contributed by atoms with Gasteiger partial charge in [-0.2, -0.15) is 0 Å². The van der Waals surface area contributed by atoms with Crippen molar-refractivity contribution in [1.29, 1.82) is 0 Å². The minimum absolute atomic E-state index is 0.0474. The molecule has 37 heavy (non-hydrogen) atoms. The van der Waals surface area contributed by atoms with Gasteiger partial charge in [0.05, 0.1) is 17.7 Å². The second-order valence-corrected chi connectivity index (χ2v) is 9.46. The van der Waals surface area contributed by atoms with Crippen LogP contribution in [0.1, 0.15) is 50.4 Å². The highest BCUT2D eigenvalue weighted by atomic mass is 16.5. The Morgan fingerprint density at radius 1 is 0.973 bits per heavy atom. The van der Waals surface area contributed by atoms with Gasteiger partial charge in [-0.1, -0.05) is 42.0 Å². The summed E-state index contributed by atoms with van der Waals surface area (Å²) >= 11 is 0. The lowest BCUT2D eigenvalue weighted by molar-refractivity contribution is -0.132. The first-order valence-corrected chi connectivity index (χ1v) is 12.7. The fraction of sp³-hybridized carbons (Fsp3) is 0.290. The molecule has 0 aliphatic carbocycles. The molecule has 1 atom stereocenters. The Hall–Kier alpha value is -4.06. The minimum atomic E-state index is -0.775. The first kappa shape index (κ1) is 26.0. The van der Waals surface area contributed by atoms with Crippen molar-refractivity contribution in [3.63, 3.8) is 0 Å². The molecule has 3 aromatic rings. The third kappa shape index (κ3) is 5.24. The Morgan fingerprint density at radius 2 is 1.62 bits per heavy atom. The van der Waals surface area contributed by atoms with E-state index >= 15 is 0 Å². The summed E-state index contributed by atoms with van der Waals surface area (Å²) < 4.78 is 5.78. The highest BCUT2D eigenvalue weighted by Crippen LogP contribution is 2.42. The van der Waals surface area contributed by atoms with E-state index in [1.807, 2.05) is 69.3 Å². The van der Waals surface area contributed by atoms with E-state index in [9.17, 15) is 14.7 Å². The van der Waals surface area contributed by atoms with Gasteiger partial charge in [0.15, 0.2) is 0 Å². The maximum Gasteiger partial charge on any atom is 0.300 e. The highest BCUT2D eigenvalue weighted by molar-refractivity contribution is 6.51. The molecule has 6 nitrogen and oxygen atoms in total. The first-order chi connectivity index (χ1) is 17.7. The molecule has 1 aliphatic rings. The van der Waals surface area contributed by atoms with Crippen LogP contribution in [0.2, 0.25) is 0 Å². The summed E-state index contributed by atoms with van der Waals surface area (Å²) in [5, 5.41) is 11.4. The lowest BCUT2D eigenvalue weighted by atomic mass is 9.94. The summed E-state index contributed by atoms with van der Waals surface area (Å²) in [6, 6.07) is 21.5. The van der Waals surface area contributed by atoms with Gasteiger partial charge < -0.3 is 14.7 Å². The van der Waals surface area contributed by atoms with Crippen molar-refractivity contribution in [3.05, 3.63) is 95.1 Å². The fourth-order valence-corrected chi connectivity index (χ4v) is 4.72. The summed E-state index contributed by atoms with van der Waals surface area (Å²) in [6.45, 7) is 11.7. The number of anilines is 2. The Morgan fingerprint density at radius 3 is 2.22 bits per heavy atom.